The standard InChI is InChI=1S/C16H13F2N3O3/c1-24-12-4-2-10(17)9(14(12)18)8-20-11-3-5-13-19-6-7-21(13)15(11)16(22)23/h2-7,20H,8H2,1H3,(H,22,23). The van der Waals surface area contributed by atoms with Gasteiger partial charge in [0.25, 0.3) is 0 Å². The lowest BCUT2D eigenvalue weighted by molar-refractivity contribution is 0.0690. The molecule has 24 heavy (non-hydrogen) atoms. The van der Waals surface area contributed by atoms with Gasteiger partial charge in [-0.1, -0.05) is 0 Å². The van der Waals surface area contributed by atoms with Crippen LogP contribution in [0, 0.1) is 11.6 Å². The molecule has 0 bridgehead atoms. The molecule has 2 heterocycles. The Bertz CT molecular complexity index is 924. The predicted molar refractivity (Wildman–Crippen MR) is 82.4 cm³/mol. The number of aromatic carboxylic acids is 1. The maximum Gasteiger partial charge on any atom is 0.355 e. The molecule has 1 aromatic carbocycles. The van der Waals surface area contributed by atoms with E-state index in [1.165, 1.54) is 36.0 Å². The number of anilines is 1. The summed E-state index contributed by atoms with van der Waals surface area (Å²) in [4.78, 5) is 15.5. The van der Waals surface area contributed by atoms with Crippen LogP contribution in [-0.4, -0.2) is 27.6 Å². The Morgan fingerprint density at radius 2 is 2.12 bits per heavy atom. The van der Waals surface area contributed by atoms with Crippen LogP contribution in [-0.2, 0) is 6.54 Å². The molecule has 0 aliphatic carbocycles. The van der Waals surface area contributed by atoms with Crippen molar-refractivity contribution in [2.45, 2.75) is 6.54 Å². The van der Waals surface area contributed by atoms with Crippen molar-refractivity contribution in [3.8, 4) is 5.75 Å². The summed E-state index contributed by atoms with van der Waals surface area (Å²) in [5.74, 6) is -2.85. The molecule has 0 saturated heterocycles. The first-order valence-electron chi connectivity index (χ1n) is 6.97. The van der Waals surface area contributed by atoms with E-state index in [2.05, 4.69) is 10.3 Å². The van der Waals surface area contributed by atoms with E-state index in [9.17, 15) is 18.7 Å². The first-order valence-corrected chi connectivity index (χ1v) is 6.97. The second-order valence-electron chi connectivity index (χ2n) is 4.95. The van der Waals surface area contributed by atoms with Gasteiger partial charge in [-0.05, 0) is 24.3 Å². The summed E-state index contributed by atoms with van der Waals surface area (Å²) in [5.41, 5.74) is 0.358. The number of carboxylic acid groups (broad SMARTS) is 1. The lowest BCUT2D eigenvalue weighted by Gasteiger charge is -2.13. The third kappa shape index (κ3) is 2.62. The monoisotopic (exact) mass is 333 g/mol. The molecule has 0 fully saturated rings. The molecular weight excluding hydrogens is 320 g/mol. The van der Waals surface area contributed by atoms with Crippen molar-refractivity contribution in [3.05, 3.63) is 59.6 Å². The summed E-state index contributed by atoms with van der Waals surface area (Å²) in [6.07, 6.45) is 2.96. The van der Waals surface area contributed by atoms with Gasteiger partial charge in [0.05, 0.1) is 12.8 Å². The quantitative estimate of drug-likeness (QED) is 0.751. The van der Waals surface area contributed by atoms with E-state index in [1.807, 2.05) is 0 Å². The number of hydrogen-bond acceptors (Lipinski definition) is 4. The average molecular weight is 333 g/mol. The molecule has 0 atom stereocenters. The number of benzene rings is 1. The molecule has 124 valence electrons. The smallest absolute Gasteiger partial charge is 0.355 e. The van der Waals surface area contributed by atoms with Gasteiger partial charge in [-0.2, -0.15) is 0 Å². The molecule has 2 aromatic heterocycles. The number of hydrogen-bond donors (Lipinski definition) is 2. The third-order valence-electron chi connectivity index (χ3n) is 3.59. The summed E-state index contributed by atoms with van der Waals surface area (Å²) in [7, 11) is 1.28. The van der Waals surface area contributed by atoms with Gasteiger partial charge in [-0.25, -0.2) is 18.6 Å². The Morgan fingerprint density at radius 3 is 2.83 bits per heavy atom. The van der Waals surface area contributed by atoms with Crippen LogP contribution in [0.25, 0.3) is 5.65 Å². The SMILES string of the molecule is COc1ccc(F)c(CNc2ccc3nccn3c2C(=O)O)c1F. The van der Waals surface area contributed by atoms with Crippen molar-refractivity contribution in [3.63, 3.8) is 0 Å². The number of aromatic nitrogens is 2. The van der Waals surface area contributed by atoms with E-state index in [4.69, 9.17) is 4.74 Å². The molecule has 2 N–H and O–H groups in total. The van der Waals surface area contributed by atoms with Gasteiger partial charge < -0.3 is 15.2 Å². The van der Waals surface area contributed by atoms with Gasteiger partial charge >= 0.3 is 5.97 Å². The van der Waals surface area contributed by atoms with E-state index in [1.54, 1.807) is 6.07 Å². The molecule has 0 aliphatic heterocycles. The minimum Gasteiger partial charge on any atom is -0.494 e. The fourth-order valence-electron chi connectivity index (χ4n) is 2.43. The Hall–Kier alpha value is -3.16. The fraction of sp³-hybridized carbons (Fsp3) is 0.125. The number of imidazole rings is 1. The van der Waals surface area contributed by atoms with Crippen LogP contribution in [0.1, 0.15) is 16.1 Å². The van der Waals surface area contributed by atoms with Gasteiger partial charge in [0, 0.05) is 24.5 Å². The number of carboxylic acids is 1. The molecule has 3 aromatic rings. The molecule has 0 amide bonds. The summed E-state index contributed by atoms with van der Waals surface area (Å²) >= 11 is 0. The number of nitrogens with one attached hydrogen (secondary N) is 1. The van der Waals surface area contributed by atoms with Crippen LogP contribution < -0.4 is 10.1 Å². The topological polar surface area (TPSA) is 75.9 Å². The molecule has 0 radical (unpaired) electrons. The normalized spacial score (nSPS) is 10.8. The van der Waals surface area contributed by atoms with E-state index in [0.29, 0.717) is 5.65 Å². The Balaban J connectivity index is 1.97. The molecule has 0 saturated carbocycles. The maximum absolute atomic E-state index is 14.2. The van der Waals surface area contributed by atoms with Gasteiger partial charge in [0.15, 0.2) is 17.3 Å². The third-order valence-corrected chi connectivity index (χ3v) is 3.59. The van der Waals surface area contributed by atoms with E-state index in [-0.39, 0.29) is 29.2 Å². The Kier molecular flexibility index (Phi) is 4.03. The number of fused-ring (bicyclic) bond motifs is 1. The van der Waals surface area contributed by atoms with E-state index >= 15 is 0 Å². The van der Waals surface area contributed by atoms with Gasteiger partial charge in [-0.3, -0.25) is 4.40 Å². The van der Waals surface area contributed by atoms with E-state index < -0.39 is 17.6 Å². The zero-order chi connectivity index (χ0) is 17.3. The lowest BCUT2D eigenvalue weighted by atomic mass is 10.1. The van der Waals surface area contributed by atoms with E-state index in [0.717, 1.165) is 6.07 Å². The summed E-state index contributed by atoms with van der Waals surface area (Å²) < 4.78 is 34.2. The number of rotatable bonds is 5. The fourth-order valence-corrected chi connectivity index (χ4v) is 2.43. The minimum absolute atomic E-state index is 0.0753. The summed E-state index contributed by atoms with van der Waals surface area (Å²) in [6.45, 7) is -0.241. The van der Waals surface area contributed by atoms with Crippen LogP contribution >= 0.6 is 0 Å². The largest absolute Gasteiger partial charge is 0.494 e. The number of carbonyl (C=O) groups is 1. The van der Waals surface area contributed by atoms with Crippen LogP contribution in [0.3, 0.4) is 0 Å². The number of methoxy groups -OCH3 is 1. The Morgan fingerprint density at radius 1 is 1.33 bits per heavy atom. The number of nitrogens with zero attached hydrogens (tertiary/aromatic N) is 2. The summed E-state index contributed by atoms with van der Waals surface area (Å²) in [6, 6.07) is 5.39. The maximum atomic E-state index is 14.2. The number of ether oxygens (including phenoxy) is 1. The van der Waals surface area contributed by atoms with Crippen LogP contribution in [0.15, 0.2) is 36.7 Å². The van der Waals surface area contributed by atoms with Gasteiger partial charge in [0.2, 0.25) is 0 Å². The van der Waals surface area contributed by atoms with Gasteiger partial charge in [0.1, 0.15) is 11.5 Å². The molecule has 6 nitrogen and oxygen atoms in total. The highest BCUT2D eigenvalue weighted by Gasteiger charge is 2.18. The molecule has 0 spiro atoms. The zero-order valence-electron chi connectivity index (χ0n) is 12.6. The van der Waals surface area contributed by atoms with Crippen molar-refractivity contribution < 1.29 is 23.4 Å². The van der Waals surface area contributed by atoms with Gasteiger partial charge in [-0.15, -0.1) is 0 Å². The molecule has 8 heteroatoms. The average Bonchev–Trinajstić information content (AvgIpc) is 3.02. The minimum atomic E-state index is -1.19. The second-order valence-corrected chi connectivity index (χ2v) is 4.95. The molecule has 3 rings (SSSR count). The summed E-state index contributed by atoms with van der Waals surface area (Å²) in [5, 5.41) is 12.2. The number of halogens is 2. The Labute approximate surface area is 135 Å². The highest BCUT2D eigenvalue weighted by atomic mass is 19.1. The first-order chi connectivity index (χ1) is 11.5. The molecule has 0 aliphatic rings. The van der Waals surface area contributed by atoms with Crippen LogP contribution in [0.4, 0.5) is 14.5 Å². The van der Waals surface area contributed by atoms with Crippen molar-refractivity contribution in [2.75, 3.05) is 12.4 Å². The first kappa shape index (κ1) is 15.7. The second kappa shape index (κ2) is 6.15. The van der Waals surface area contributed by atoms with Crippen molar-refractivity contribution in [2.24, 2.45) is 0 Å². The van der Waals surface area contributed by atoms with Crippen LogP contribution in [0.5, 0.6) is 5.75 Å². The van der Waals surface area contributed by atoms with Crippen molar-refractivity contribution in [1.29, 1.82) is 0 Å². The van der Waals surface area contributed by atoms with Crippen molar-refractivity contribution >= 4 is 17.3 Å². The van der Waals surface area contributed by atoms with Crippen molar-refractivity contribution in [1.82, 2.24) is 9.38 Å². The highest BCUT2D eigenvalue weighted by Crippen LogP contribution is 2.25. The lowest BCUT2D eigenvalue weighted by Crippen LogP contribution is -2.12. The van der Waals surface area contributed by atoms with Crippen LogP contribution in [0.2, 0.25) is 0 Å². The zero-order valence-corrected chi connectivity index (χ0v) is 12.6. The predicted octanol–water partition coefficient (Wildman–Crippen LogP) is 2.93. The molecule has 0 unspecified atom stereocenters. The number of pyridine rings is 1. The highest BCUT2D eigenvalue weighted by molar-refractivity contribution is 5.93. The molecular formula is C16H13F2N3O3.